The highest BCUT2D eigenvalue weighted by molar-refractivity contribution is 6.32. The van der Waals surface area contributed by atoms with Gasteiger partial charge in [0.1, 0.15) is 0 Å². The Bertz CT molecular complexity index is 244. The van der Waals surface area contributed by atoms with E-state index in [2.05, 4.69) is 0 Å². The second-order valence-corrected chi connectivity index (χ2v) is 2.44. The predicted octanol–water partition coefficient (Wildman–Crippen LogP) is 1.86. The number of carbonyl (C=O) groups is 1. The molecule has 0 amide bonds. The van der Waals surface area contributed by atoms with E-state index < -0.39 is 11.3 Å². The quantitative estimate of drug-likeness (QED) is 0.492. The Balaban J connectivity index is 2.86. The van der Waals surface area contributed by atoms with Gasteiger partial charge in [-0.05, 0) is 0 Å². The molecule has 0 bridgehead atoms. The highest BCUT2D eigenvalue weighted by atomic mass is 35.5. The van der Waals surface area contributed by atoms with E-state index in [-0.39, 0.29) is 0 Å². The first-order chi connectivity index (χ1) is 5.22. The van der Waals surface area contributed by atoms with Gasteiger partial charge in [-0.3, -0.25) is 4.79 Å². The molecule has 1 atom stereocenters. The average molecular weight is 170 g/mol. The molecule has 11 heavy (non-hydrogen) atoms. The van der Waals surface area contributed by atoms with Gasteiger partial charge in [-0.15, -0.1) is 0 Å². The Kier molecular flexibility index (Phi) is 2.63. The molecule has 0 saturated carbocycles. The van der Waals surface area contributed by atoms with Crippen LogP contribution in [0.4, 0.5) is 0 Å². The molecule has 1 radical (unpaired) electrons. The van der Waals surface area contributed by atoms with E-state index in [0.717, 1.165) is 0 Å². The van der Waals surface area contributed by atoms with E-state index in [1.54, 1.807) is 30.3 Å². The monoisotopic (exact) mass is 169 g/mol. The van der Waals surface area contributed by atoms with Crippen molar-refractivity contribution in [3.63, 3.8) is 0 Å². The molecule has 0 aliphatic heterocycles. The molecule has 0 heterocycles. The van der Waals surface area contributed by atoms with Gasteiger partial charge < -0.3 is 0 Å². The average Bonchev–Trinajstić information content (AvgIpc) is 2.05. The Labute approximate surface area is 69.4 Å². The molecule has 0 aromatic heterocycles. The number of benzene rings is 1. The summed E-state index contributed by atoms with van der Waals surface area (Å²) in [6, 6.07) is 8.27. The second kappa shape index (κ2) is 3.51. The summed E-state index contributed by atoms with van der Waals surface area (Å²) in [5, 5.41) is 10.4. The number of carbonyl (C=O) groups excluding carboxylic acids is 1. The fourth-order valence-corrected chi connectivity index (χ4v) is 0.859. The van der Waals surface area contributed by atoms with Gasteiger partial charge in [-0.1, -0.05) is 41.9 Å². The number of hydrogen-bond acceptors (Lipinski definition) is 1. The van der Waals surface area contributed by atoms with Crippen molar-refractivity contribution >= 4 is 17.4 Å². The van der Waals surface area contributed by atoms with Crippen LogP contribution in [-0.2, 0) is 5.11 Å². The zero-order valence-corrected chi connectivity index (χ0v) is 6.41. The van der Waals surface area contributed by atoms with Gasteiger partial charge in [-0.25, -0.2) is 5.11 Å². The summed E-state index contributed by atoms with van der Waals surface area (Å²) in [7, 11) is 0. The number of ketones is 1. The molecule has 0 saturated heterocycles. The maximum atomic E-state index is 10.9. The molecule has 3 heteroatoms. The van der Waals surface area contributed by atoms with Crippen molar-refractivity contribution in [2.24, 2.45) is 0 Å². The van der Waals surface area contributed by atoms with E-state index in [1.165, 1.54) is 0 Å². The predicted molar refractivity (Wildman–Crippen MR) is 41.1 cm³/mol. The summed E-state index contributed by atoms with van der Waals surface area (Å²) in [6.45, 7) is 0. The highest BCUT2D eigenvalue weighted by Crippen LogP contribution is 2.05. The van der Waals surface area contributed by atoms with Crippen LogP contribution in [0.3, 0.4) is 0 Å². The fraction of sp³-hybridized carbons (Fsp3) is 0.125. The Morgan fingerprint density at radius 1 is 1.27 bits per heavy atom. The van der Waals surface area contributed by atoms with Crippen LogP contribution in [0, 0.1) is 0 Å². The number of rotatable bonds is 2. The van der Waals surface area contributed by atoms with Gasteiger partial charge in [0.05, 0.1) is 0 Å². The van der Waals surface area contributed by atoms with Crippen LogP contribution in [0.2, 0.25) is 0 Å². The van der Waals surface area contributed by atoms with Crippen LogP contribution >= 0.6 is 11.6 Å². The summed E-state index contributed by atoms with van der Waals surface area (Å²) in [6.07, 6.45) is 0. The lowest BCUT2D eigenvalue weighted by molar-refractivity contribution is 0.0751. The van der Waals surface area contributed by atoms with Crippen molar-refractivity contribution in [3.8, 4) is 0 Å². The lowest BCUT2D eigenvalue weighted by Crippen LogP contribution is -2.11. The molecule has 1 aromatic rings. The lowest BCUT2D eigenvalue weighted by atomic mass is 10.1. The van der Waals surface area contributed by atoms with Gasteiger partial charge in [0.15, 0.2) is 0 Å². The van der Waals surface area contributed by atoms with Crippen LogP contribution in [0.1, 0.15) is 10.4 Å². The van der Waals surface area contributed by atoms with Crippen LogP contribution in [0.25, 0.3) is 0 Å². The molecule has 0 fully saturated rings. The lowest BCUT2D eigenvalue weighted by Gasteiger charge is -1.97. The van der Waals surface area contributed by atoms with Crippen molar-refractivity contribution in [2.45, 2.75) is 5.56 Å². The van der Waals surface area contributed by atoms with Crippen LogP contribution in [0.15, 0.2) is 30.3 Å². The minimum atomic E-state index is -1.68. The Morgan fingerprint density at radius 2 is 1.82 bits per heavy atom. The van der Waals surface area contributed by atoms with Crippen molar-refractivity contribution in [1.82, 2.24) is 0 Å². The smallest absolute Gasteiger partial charge is 0.228 e. The maximum absolute atomic E-state index is 10.9. The fourth-order valence-electron chi connectivity index (χ4n) is 0.733. The number of halogens is 1. The zero-order valence-electron chi connectivity index (χ0n) is 5.66. The topological polar surface area (TPSA) is 37.0 Å². The minimum Gasteiger partial charge on any atom is -0.290 e. The molecule has 1 rings (SSSR count). The Hall–Kier alpha value is -0.860. The third-order valence-corrected chi connectivity index (χ3v) is 1.46. The first-order valence-corrected chi connectivity index (χ1v) is 3.54. The number of alkyl halides is 1. The molecule has 57 valence electrons. The molecule has 2 nitrogen and oxygen atoms in total. The minimum absolute atomic E-state index is 0.363. The summed E-state index contributed by atoms with van der Waals surface area (Å²) >= 11 is 5.06. The van der Waals surface area contributed by atoms with Gasteiger partial charge in [0.25, 0.3) is 0 Å². The Morgan fingerprint density at radius 3 is 2.27 bits per heavy atom. The summed E-state index contributed by atoms with van der Waals surface area (Å²) in [5.41, 5.74) is -1.32. The van der Waals surface area contributed by atoms with Crippen LogP contribution < -0.4 is 0 Å². The maximum Gasteiger partial charge on any atom is 0.228 e. The number of hydrogen-bond donors (Lipinski definition) is 0. The zero-order chi connectivity index (χ0) is 8.27. The van der Waals surface area contributed by atoms with Crippen LogP contribution in [0.5, 0.6) is 0 Å². The van der Waals surface area contributed by atoms with Crippen molar-refractivity contribution < 1.29 is 9.90 Å². The first-order valence-electron chi connectivity index (χ1n) is 3.11. The van der Waals surface area contributed by atoms with Crippen molar-refractivity contribution in [2.75, 3.05) is 0 Å². The summed E-state index contributed by atoms with van der Waals surface area (Å²) in [5.74, 6) is -0.577. The van der Waals surface area contributed by atoms with Gasteiger partial charge in [0.2, 0.25) is 11.3 Å². The standard InChI is InChI=1S/C8H6ClO2/c9-8(11)7(10)6-4-2-1-3-5-6/h1-5,8H. The van der Waals surface area contributed by atoms with Gasteiger partial charge in [-0.2, -0.15) is 0 Å². The number of Topliss-reactive ketones (excluding diaryl/α,β-unsaturated/α-hetero) is 1. The molecule has 0 N–H and O–H groups in total. The molecule has 1 aromatic carbocycles. The van der Waals surface area contributed by atoms with Crippen molar-refractivity contribution in [3.05, 3.63) is 35.9 Å². The molecule has 0 spiro atoms. The molecule has 0 aliphatic rings. The molecule has 0 aliphatic carbocycles. The third kappa shape index (κ3) is 2.03. The highest BCUT2D eigenvalue weighted by Gasteiger charge is 2.14. The van der Waals surface area contributed by atoms with E-state index in [1.807, 2.05) is 0 Å². The van der Waals surface area contributed by atoms with Crippen LogP contribution in [-0.4, -0.2) is 11.3 Å². The molecular weight excluding hydrogens is 164 g/mol. The van der Waals surface area contributed by atoms with Crippen molar-refractivity contribution in [1.29, 1.82) is 0 Å². The second-order valence-electron chi connectivity index (χ2n) is 2.05. The van der Waals surface area contributed by atoms with E-state index in [4.69, 9.17) is 11.6 Å². The van der Waals surface area contributed by atoms with E-state index in [9.17, 15) is 9.90 Å². The van der Waals surface area contributed by atoms with E-state index in [0.29, 0.717) is 5.56 Å². The van der Waals surface area contributed by atoms with Gasteiger partial charge >= 0.3 is 0 Å². The first kappa shape index (κ1) is 8.24. The molecular formula is C8H6ClO2. The summed E-state index contributed by atoms with van der Waals surface area (Å²) in [4.78, 5) is 10.9. The molecule has 1 unspecified atom stereocenters. The largest absolute Gasteiger partial charge is 0.290 e. The summed E-state index contributed by atoms with van der Waals surface area (Å²) < 4.78 is 0. The SMILES string of the molecule is [O]C(Cl)C(=O)c1ccccc1. The van der Waals surface area contributed by atoms with Gasteiger partial charge in [0, 0.05) is 5.56 Å². The normalized spacial score (nSPS) is 12.5. The third-order valence-electron chi connectivity index (χ3n) is 1.26. The van der Waals surface area contributed by atoms with E-state index >= 15 is 0 Å².